The molecular weight excluding hydrogens is 271 g/mol. The Balaban J connectivity index is 2.01. The molecule has 1 N–H and O–H groups in total. The quantitative estimate of drug-likeness (QED) is 0.860. The molecule has 1 aliphatic carbocycles. The van der Waals surface area contributed by atoms with Crippen molar-refractivity contribution in [3.05, 3.63) is 23.0 Å². The van der Waals surface area contributed by atoms with Crippen LogP contribution in [0.2, 0.25) is 5.02 Å². The second-order valence-corrected chi connectivity index (χ2v) is 5.20. The van der Waals surface area contributed by atoms with Gasteiger partial charge >= 0.3 is 0 Å². The average Bonchev–Trinajstić information content (AvgIpc) is 2.72. The van der Waals surface area contributed by atoms with Gasteiger partial charge in [-0.25, -0.2) is 4.39 Å². The van der Waals surface area contributed by atoms with Crippen molar-refractivity contribution in [2.45, 2.75) is 25.7 Å². The van der Waals surface area contributed by atoms with Crippen molar-refractivity contribution in [2.24, 2.45) is 11.0 Å². The number of anilines is 1. The summed E-state index contributed by atoms with van der Waals surface area (Å²) in [6, 6.07) is 2.12. The molecule has 100 valence electrons. The molecule has 19 heavy (non-hydrogen) atoms. The fourth-order valence-electron chi connectivity index (χ4n) is 2.57. The van der Waals surface area contributed by atoms with Gasteiger partial charge in [-0.15, -0.1) is 0 Å². The fraction of sp³-hybridized carbons (Fsp3) is 0.385. The number of nitrogens with zero attached hydrogens (tertiary/aromatic N) is 2. The summed E-state index contributed by atoms with van der Waals surface area (Å²) < 4.78 is 13.9. The predicted molar refractivity (Wildman–Crippen MR) is 70.0 cm³/mol. The molecule has 1 fully saturated rings. The summed E-state index contributed by atoms with van der Waals surface area (Å²) in [5.41, 5.74) is 0.763. The molecule has 1 unspecified atom stereocenters. The zero-order chi connectivity index (χ0) is 13.6. The van der Waals surface area contributed by atoms with E-state index < -0.39 is 5.82 Å². The lowest BCUT2D eigenvalue weighted by atomic mass is 9.87. The Kier molecular flexibility index (Phi) is 2.93. The summed E-state index contributed by atoms with van der Waals surface area (Å²) in [7, 11) is 0. The first-order valence-corrected chi connectivity index (χ1v) is 6.55. The number of phenols is 1. The van der Waals surface area contributed by atoms with Crippen LogP contribution >= 0.6 is 11.6 Å². The second kappa shape index (κ2) is 4.49. The molecule has 6 heteroatoms. The summed E-state index contributed by atoms with van der Waals surface area (Å²) in [4.78, 5) is 12.2. The molecular formula is C13H12ClFN2O2. The first-order valence-electron chi connectivity index (χ1n) is 6.17. The van der Waals surface area contributed by atoms with Crippen molar-refractivity contribution in [1.82, 2.24) is 0 Å². The maximum Gasteiger partial charge on any atom is 0.256 e. The molecule has 1 atom stereocenters. The number of halogens is 2. The highest BCUT2D eigenvalue weighted by atomic mass is 35.5. The van der Waals surface area contributed by atoms with Gasteiger partial charge in [-0.05, 0) is 25.3 Å². The van der Waals surface area contributed by atoms with E-state index in [0.717, 1.165) is 48.5 Å². The van der Waals surface area contributed by atoms with E-state index in [1.807, 2.05) is 0 Å². The highest BCUT2D eigenvalue weighted by Crippen LogP contribution is 2.36. The lowest BCUT2D eigenvalue weighted by Gasteiger charge is -2.17. The molecule has 3 rings (SSSR count). The van der Waals surface area contributed by atoms with E-state index in [-0.39, 0.29) is 28.3 Å². The van der Waals surface area contributed by atoms with Gasteiger partial charge in [0.15, 0.2) is 5.82 Å². The Bertz CT molecular complexity index is 588. The smallest absolute Gasteiger partial charge is 0.256 e. The number of aromatic hydroxyl groups is 1. The molecule has 0 spiro atoms. The second-order valence-electron chi connectivity index (χ2n) is 4.79. The van der Waals surface area contributed by atoms with E-state index in [2.05, 4.69) is 5.10 Å². The third-order valence-corrected chi connectivity index (χ3v) is 3.86. The molecule has 0 saturated heterocycles. The van der Waals surface area contributed by atoms with Crippen molar-refractivity contribution in [2.75, 3.05) is 5.01 Å². The zero-order valence-corrected chi connectivity index (χ0v) is 10.8. The van der Waals surface area contributed by atoms with Crippen LogP contribution in [0.1, 0.15) is 25.7 Å². The minimum atomic E-state index is -0.667. The predicted octanol–water partition coefficient (Wildman–Crippen LogP) is 3.08. The number of benzene rings is 1. The SMILES string of the molecule is O=C1C2CCCCC2=NN1c1cc(O)c(Cl)cc1F. The lowest BCUT2D eigenvalue weighted by molar-refractivity contribution is -0.120. The Morgan fingerprint density at radius 2 is 2.21 bits per heavy atom. The zero-order valence-electron chi connectivity index (χ0n) is 10.1. The number of fused-ring (bicyclic) bond motifs is 1. The first-order chi connectivity index (χ1) is 9.08. The van der Waals surface area contributed by atoms with Crippen LogP contribution in [0.3, 0.4) is 0 Å². The molecule has 1 saturated carbocycles. The number of hydrogen-bond acceptors (Lipinski definition) is 3. The molecule has 0 aromatic heterocycles. The van der Waals surface area contributed by atoms with E-state index in [1.54, 1.807) is 0 Å². The fourth-order valence-corrected chi connectivity index (χ4v) is 2.72. The standard InChI is InChI=1S/C13H12ClFN2O2/c14-8-5-9(15)11(6-12(8)18)17-13(19)7-3-1-2-4-10(7)16-17/h5-7,18H,1-4H2. The average molecular weight is 283 g/mol. The van der Waals surface area contributed by atoms with Crippen molar-refractivity contribution < 1.29 is 14.3 Å². The molecule has 4 nitrogen and oxygen atoms in total. The van der Waals surface area contributed by atoms with Crippen molar-refractivity contribution in [3.8, 4) is 5.75 Å². The number of carbonyl (C=O) groups is 1. The van der Waals surface area contributed by atoms with Crippen molar-refractivity contribution in [1.29, 1.82) is 0 Å². The minimum absolute atomic E-state index is 0.0474. The Morgan fingerprint density at radius 3 is 2.95 bits per heavy atom. The van der Waals surface area contributed by atoms with Crippen LogP contribution in [0, 0.1) is 11.7 Å². The summed E-state index contributed by atoms with van der Waals surface area (Å²) in [6.07, 6.45) is 3.52. The number of amides is 1. The summed E-state index contributed by atoms with van der Waals surface area (Å²) in [5.74, 6) is -1.39. The van der Waals surface area contributed by atoms with Gasteiger partial charge in [0.1, 0.15) is 11.4 Å². The molecule has 0 radical (unpaired) electrons. The van der Waals surface area contributed by atoms with Crippen molar-refractivity contribution >= 4 is 28.9 Å². The Morgan fingerprint density at radius 1 is 1.42 bits per heavy atom. The van der Waals surface area contributed by atoms with Crippen LogP contribution in [0.15, 0.2) is 17.2 Å². The van der Waals surface area contributed by atoms with Crippen LogP contribution in [0.25, 0.3) is 0 Å². The number of hydrogen-bond donors (Lipinski definition) is 1. The third kappa shape index (κ3) is 1.98. The van der Waals surface area contributed by atoms with Gasteiger partial charge in [-0.1, -0.05) is 18.0 Å². The molecule has 1 heterocycles. The van der Waals surface area contributed by atoms with E-state index in [0.29, 0.717) is 0 Å². The van der Waals surface area contributed by atoms with Crippen LogP contribution in [0.5, 0.6) is 5.75 Å². The van der Waals surface area contributed by atoms with Crippen molar-refractivity contribution in [3.63, 3.8) is 0 Å². The number of phenolic OH excluding ortho intramolecular Hbond substituents is 1. The van der Waals surface area contributed by atoms with Gasteiger partial charge in [0, 0.05) is 6.07 Å². The van der Waals surface area contributed by atoms with E-state index in [1.165, 1.54) is 0 Å². The summed E-state index contributed by atoms with van der Waals surface area (Å²) in [6.45, 7) is 0. The van der Waals surface area contributed by atoms with Gasteiger partial charge in [-0.3, -0.25) is 4.79 Å². The van der Waals surface area contributed by atoms with Gasteiger partial charge in [-0.2, -0.15) is 10.1 Å². The Hall–Kier alpha value is -1.62. The molecule has 1 aliphatic heterocycles. The number of rotatable bonds is 1. The first kappa shape index (κ1) is 12.4. The normalized spacial score (nSPS) is 22.4. The molecule has 1 aromatic carbocycles. The topological polar surface area (TPSA) is 52.9 Å². The molecule has 1 aromatic rings. The van der Waals surface area contributed by atoms with E-state index in [4.69, 9.17) is 11.6 Å². The molecule has 1 amide bonds. The van der Waals surface area contributed by atoms with Crippen LogP contribution < -0.4 is 5.01 Å². The molecule has 2 aliphatic rings. The van der Waals surface area contributed by atoms with Gasteiger partial charge in [0.05, 0.1) is 16.7 Å². The lowest BCUT2D eigenvalue weighted by Crippen LogP contribution is -2.29. The summed E-state index contributed by atoms with van der Waals surface area (Å²) in [5, 5.41) is 14.7. The number of carbonyl (C=O) groups excluding carboxylic acids is 1. The van der Waals surface area contributed by atoms with Gasteiger partial charge in [0.25, 0.3) is 5.91 Å². The van der Waals surface area contributed by atoms with Crippen LogP contribution in [-0.4, -0.2) is 16.7 Å². The molecule has 0 bridgehead atoms. The minimum Gasteiger partial charge on any atom is -0.506 e. The van der Waals surface area contributed by atoms with E-state index >= 15 is 0 Å². The largest absolute Gasteiger partial charge is 0.506 e. The van der Waals surface area contributed by atoms with E-state index in [9.17, 15) is 14.3 Å². The van der Waals surface area contributed by atoms with Gasteiger partial charge < -0.3 is 5.11 Å². The maximum atomic E-state index is 13.9. The third-order valence-electron chi connectivity index (χ3n) is 3.56. The maximum absolute atomic E-state index is 13.9. The highest BCUT2D eigenvalue weighted by Gasteiger charge is 2.38. The van der Waals surface area contributed by atoms with Crippen LogP contribution in [0.4, 0.5) is 10.1 Å². The Labute approximate surface area is 114 Å². The number of hydrazone groups is 1. The van der Waals surface area contributed by atoms with Gasteiger partial charge in [0.2, 0.25) is 0 Å². The summed E-state index contributed by atoms with van der Waals surface area (Å²) >= 11 is 5.62. The monoisotopic (exact) mass is 282 g/mol. The highest BCUT2D eigenvalue weighted by molar-refractivity contribution is 6.32. The van der Waals surface area contributed by atoms with Crippen LogP contribution in [-0.2, 0) is 4.79 Å².